The van der Waals surface area contributed by atoms with E-state index in [0.717, 1.165) is 12.0 Å². The van der Waals surface area contributed by atoms with Crippen molar-refractivity contribution in [1.29, 1.82) is 0 Å². The minimum Gasteiger partial charge on any atom is -0.352 e. The van der Waals surface area contributed by atoms with Crippen LogP contribution in [0.2, 0.25) is 10.0 Å². The van der Waals surface area contributed by atoms with Crippen molar-refractivity contribution < 1.29 is 9.59 Å². The summed E-state index contributed by atoms with van der Waals surface area (Å²) in [5, 5.41) is 4.00. The fraction of sp³-hybridized carbons (Fsp3) is 0.417. The Morgan fingerprint density at radius 1 is 1.03 bits per heavy atom. The van der Waals surface area contributed by atoms with E-state index in [4.69, 9.17) is 23.2 Å². The van der Waals surface area contributed by atoms with Crippen molar-refractivity contribution in [1.82, 2.24) is 10.2 Å². The minimum atomic E-state index is -0.527. The van der Waals surface area contributed by atoms with E-state index < -0.39 is 6.04 Å². The lowest BCUT2D eigenvalue weighted by Crippen LogP contribution is -2.52. The number of carbonyl (C=O) groups is 2. The molecule has 30 heavy (non-hydrogen) atoms. The highest BCUT2D eigenvalue weighted by molar-refractivity contribution is 6.35. The Morgan fingerprint density at radius 2 is 1.73 bits per heavy atom. The lowest BCUT2D eigenvalue weighted by molar-refractivity contribution is -0.140. The molecular weight excluding hydrogens is 419 g/mol. The average Bonchev–Trinajstić information content (AvgIpc) is 2.73. The largest absolute Gasteiger partial charge is 0.352 e. The third-order valence-corrected chi connectivity index (χ3v) is 5.81. The van der Waals surface area contributed by atoms with Gasteiger partial charge < -0.3 is 10.2 Å². The molecule has 1 N–H and O–H groups in total. The summed E-state index contributed by atoms with van der Waals surface area (Å²) in [6.07, 6.45) is 2.17. The van der Waals surface area contributed by atoms with Gasteiger partial charge in [0.15, 0.2) is 0 Å². The van der Waals surface area contributed by atoms with Crippen molar-refractivity contribution in [2.75, 3.05) is 6.54 Å². The van der Waals surface area contributed by atoms with Crippen LogP contribution in [-0.2, 0) is 22.4 Å². The van der Waals surface area contributed by atoms with Crippen molar-refractivity contribution in [3.8, 4) is 0 Å². The number of hydrogen-bond acceptors (Lipinski definition) is 2. The van der Waals surface area contributed by atoms with E-state index in [0.29, 0.717) is 35.0 Å². The molecule has 0 aliphatic rings. The zero-order chi connectivity index (χ0) is 22.1. The van der Waals surface area contributed by atoms with E-state index in [2.05, 4.69) is 5.32 Å². The lowest BCUT2D eigenvalue weighted by atomic mass is 10.1. The number of amides is 2. The first-order valence-corrected chi connectivity index (χ1v) is 11.2. The quantitative estimate of drug-likeness (QED) is 0.535. The molecule has 0 unspecified atom stereocenters. The second kappa shape index (κ2) is 12.0. The molecule has 2 rings (SSSR count). The second-order valence-corrected chi connectivity index (χ2v) is 8.32. The molecule has 0 fully saturated rings. The van der Waals surface area contributed by atoms with E-state index in [1.165, 1.54) is 0 Å². The van der Waals surface area contributed by atoms with Gasteiger partial charge in [-0.2, -0.15) is 0 Å². The van der Waals surface area contributed by atoms with Crippen molar-refractivity contribution >= 4 is 35.0 Å². The van der Waals surface area contributed by atoms with Gasteiger partial charge in [-0.1, -0.05) is 73.4 Å². The van der Waals surface area contributed by atoms with Gasteiger partial charge >= 0.3 is 0 Å². The third-order valence-electron chi connectivity index (χ3n) is 5.23. The van der Waals surface area contributed by atoms with Crippen LogP contribution in [0, 0.1) is 0 Å². The summed E-state index contributed by atoms with van der Waals surface area (Å²) in [5.74, 6) is -0.239. The zero-order valence-corrected chi connectivity index (χ0v) is 19.3. The van der Waals surface area contributed by atoms with Gasteiger partial charge in [-0.3, -0.25) is 9.59 Å². The van der Waals surface area contributed by atoms with Crippen LogP contribution in [0.3, 0.4) is 0 Å². The maximum atomic E-state index is 13.3. The van der Waals surface area contributed by atoms with E-state index in [-0.39, 0.29) is 24.3 Å². The molecular formula is C24H30Cl2N2O2. The molecule has 162 valence electrons. The number of carbonyl (C=O) groups excluding carboxylic acids is 2. The summed E-state index contributed by atoms with van der Waals surface area (Å²) in [5.41, 5.74) is 1.82. The van der Waals surface area contributed by atoms with Crippen LogP contribution in [0.25, 0.3) is 0 Å². The molecule has 0 aromatic heterocycles. The molecule has 0 aliphatic heterocycles. The Hall–Kier alpha value is -2.04. The molecule has 2 aromatic carbocycles. The highest BCUT2D eigenvalue weighted by Crippen LogP contribution is 2.22. The number of benzene rings is 2. The van der Waals surface area contributed by atoms with Crippen molar-refractivity contribution in [2.45, 2.75) is 58.5 Å². The number of halogens is 2. The number of rotatable bonds is 10. The molecule has 4 nitrogen and oxygen atoms in total. The molecule has 6 heteroatoms. The molecule has 0 heterocycles. The van der Waals surface area contributed by atoms with Crippen LogP contribution in [0.1, 0.15) is 44.7 Å². The standard InChI is InChI=1S/C24H30Cl2N2O2/c1-4-17(3)27-24(30)22(5-2)28(14-13-18-9-7-6-8-10-18)23(29)15-19-11-12-20(25)16-21(19)26/h6-12,16-17,22H,4-5,13-15H2,1-3H3,(H,27,30)/t17-,22+/m0/s1. The summed E-state index contributed by atoms with van der Waals surface area (Å²) in [4.78, 5) is 27.9. The van der Waals surface area contributed by atoms with E-state index in [1.807, 2.05) is 51.1 Å². The summed E-state index contributed by atoms with van der Waals surface area (Å²) in [6, 6.07) is 14.6. The second-order valence-electron chi connectivity index (χ2n) is 7.48. The first-order chi connectivity index (χ1) is 14.3. The van der Waals surface area contributed by atoms with Crippen molar-refractivity contribution in [2.24, 2.45) is 0 Å². The van der Waals surface area contributed by atoms with Gasteiger partial charge in [0.2, 0.25) is 11.8 Å². The molecule has 2 atom stereocenters. The Morgan fingerprint density at radius 3 is 2.33 bits per heavy atom. The fourth-order valence-corrected chi connectivity index (χ4v) is 3.74. The van der Waals surface area contributed by atoms with Gasteiger partial charge in [0, 0.05) is 22.6 Å². The Kier molecular flexibility index (Phi) is 9.67. The predicted octanol–water partition coefficient (Wildman–Crippen LogP) is 5.30. The Bertz CT molecular complexity index is 842. The van der Waals surface area contributed by atoms with E-state index >= 15 is 0 Å². The maximum Gasteiger partial charge on any atom is 0.243 e. The molecule has 0 aliphatic carbocycles. The number of nitrogens with zero attached hydrogens (tertiary/aromatic N) is 1. The van der Waals surface area contributed by atoms with Gasteiger partial charge in [0.05, 0.1) is 6.42 Å². The molecule has 2 aromatic rings. The predicted molar refractivity (Wildman–Crippen MR) is 124 cm³/mol. The third kappa shape index (κ3) is 7.03. The number of nitrogens with one attached hydrogen (secondary N) is 1. The van der Waals surface area contributed by atoms with E-state index in [9.17, 15) is 9.59 Å². The number of hydrogen-bond donors (Lipinski definition) is 1. The monoisotopic (exact) mass is 448 g/mol. The van der Waals surface area contributed by atoms with Gasteiger partial charge in [-0.05, 0) is 49.4 Å². The summed E-state index contributed by atoms with van der Waals surface area (Å²) in [7, 11) is 0. The van der Waals surface area contributed by atoms with Gasteiger partial charge in [-0.15, -0.1) is 0 Å². The smallest absolute Gasteiger partial charge is 0.243 e. The molecule has 0 saturated heterocycles. The molecule has 2 amide bonds. The molecule has 0 saturated carbocycles. The van der Waals surface area contributed by atoms with Crippen molar-refractivity contribution in [3.05, 3.63) is 69.7 Å². The summed E-state index contributed by atoms with van der Waals surface area (Å²) >= 11 is 12.3. The first-order valence-electron chi connectivity index (χ1n) is 10.4. The topological polar surface area (TPSA) is 49.4 Å². The first kappa shape index (κ1) is 24.2. The van der Waals surface area contributed by atoms with Crippen molar-refractivity contribution in [3.63, 3.8) is 0 Å². The normalized spacial score (nSPS) is 12.8. The van der Waals surface area contributed by atoms with Crippen LogP contribution >= 0.6 is 23.2 Å². The van der Waals surface area contributed by atoms with E-state index in [1.54, 1.807) is 23.1 Å². The Balaban J connectivity index is 2.23. The van der Waals surface area contributed by atoms with Gasteiger partial charge in [0.1, 0.15) is 6.04 Å². The fourth-order valence-electron chi connectivity index (χ4n) is 3.27. The minimum absolute atomic E-state index is 0.0586. The van der Waals surface area contributed by atoms with Gasteiger partial charge in [-0.25, -0.2) is 0 Å². The molecule has 0 spiro atoms. The average molecular weight is 449 g/mol. The molecule has 0 bridgehead atoms. The Labute approximate surface area is 189 Å². The maximum absolute atomic E-state index is 13.3. The van der Waals surface area contributed by atoms with Crippen LogP contribution in [0.15, 0.2) is 48.5 Å². The molecule has 0 radical (unpaired) electrons. The van der Waals surface area contributed by atoms with Gasteiger partial charge in [0.25, 0.3) is 0 Å². The van der Waals surface area contributed by atoms with Crippen LogP contribution in [0.5, 0.6) is 0 Å². The summed E-state index contributed by atoms with van der Waals surface area (Å²) in [6.45, 7) is 6.38. The summed E-state index contributed by atoms with van der Waals surface area (Å²) < 4.78 is 0. The van der Waals surface area contributed by atoms with Crippen LogP contribution < -0.4 is 5.32 Å². The zero-order valence-electron chi connectivity index (χ0n) is 17.8. The van der Waals surface area contributed by atoms with Crippen LogP contribution in [-0.4, -0.2) is 35.3 Å². The SMILES string of the molecule is CC[C@H](C(=O)N[C@@H](C)CC)N(CCc1ccccc1)C(=O)Cc1ccc(Cl)cc1Cl. The highest BCUT2D eigenvalue weighted by atomic mass is 35.5. The lowest BCUT2D eigenvalue weighted by Gasteiger charge is -2.31. The highest BCUT2D eigenvalue weighted by Gasteiger charge is 2.29. The van der Waals surface area contributed by atoms with Crippen LogP contribution in [0.4, 0.5) is 0 Å².